The van der Waals surface area contributed by atoms with Gasteiger partial charge < -0.3 is 4.74 Å². The van der Waals surface area contributed by atoms with Crippen molar-refractivity contribution in [2.75, 3.05) is 0 Å². The lowest BCUT2D eigenvalue weighted by Crippen LogP contribution is -2.41. The predicted octanol–water partition coefficient (Wildman–Crippen LogP) is 3.81. The standard InChI is InChI=1S/C16H14BrNO2/c1-16(8-11-3-2-6-18-10-11)9-14(19)13-7-12(17)4-5-15(13)20-16/h2-7,10H,8-9H2,1H3. The second-order valence-electron chi connectivity index (χ2n) is 5.33. The van der Waals surface area contributed by atoms with E-state index in [0.29, 0.717) is 24.2 Å². The molecule has 0 spiro atoms. The summed E-state index contributed by atoms with van der Waals surface area (Å²) in [7, 11) is 0. The van der Waals surface area contributed by atoms with E-state index in [1.165, 1.54) is 0 Å². The zero-order chi connectivity index (χ0) is 14.2. The highest BCUT2D eigenvalue weighted by molar-refractivity contribution is 9.10. The number of carbonyl (C=O) groups is 1. The van der Waals surface area contributed by atoms with Gasteiger partial charge in [0.2, 0.25) is 0 Å². The molecule has 2 aromatic rings. The van der Waals surface area contributed by atoms with Crippen LogP contribution in [0.4, 0.5) is 0 Å². The highest BCUT2D eigenvalue weighted by atomic mass is 79.9. The summed E-state index contributed by atoms with van der Waals surface area (Å²) in [5, 5.41) is 0. The molecule has 102 valence electrons. The van der Waals surface area contributed by atoms with Crippen LogP contribution in [0.2, 0.25) is 0 Å². The molecule has 0 fully saturated rings. The van der Waals surface area contributed by atoms with Gasteiger partial charge in [-0.3, -0.25) is 9.78 Å². The van der Waals surface area contributed by atoms with E-state index >= 15 is 0 Å². The van der Waals surface area contributed by atoms with Crippen molar-refractivity contribution in [1.29, 1.82) is 0 Å². The first-order valence-corrected chi connectivity index (χ1v) is 7.26. The largest absolute Gasteiger partial charge is 0.486 e. The Morgan fingerprint density at radius 3 is 3.00 bits per heavy atom. The molecule has 0 radical (unpaired) electrons. The number of halogens is 1. The number of rotatable bonds is 2. The zero-order valence-electron chi connectivity index (χ0n) is 11.1. The van der Waals surface area contributed by atoms with Gasteiger partial charge in [-0.2, -0.15) is 0 Å². The van der Waals surface area contributed by atoms with Gasteiger partial charge in [0.05, 0.1) is 12.0 Å². The molecule has 0 saturated carbocycles. The number of ketones is 1. The van der Waals surface area contributed by atoms with Crippen molar-refractivity contribution in [1.82, 2.24) is 4.98 Å². The normalized spacial score (nSPS) is 21.2. The van der Waals surface area contributed by atoms with E-state index in [1.807, 2.05) is 43.5 Å². The summed E-state index contributed by atoms with van der Waals surface area (Å²) in [6.07, 6.45) is 4.61. The summed E-state index contributed by atoms with van der Waals surface area (Å²) >= 11 is 3.38. The Hall–Kier alpha value is -1.68. The summed E-state index contributed by atoms with van der Waals surface area (Å²) in [5.74, 6) is 0.787. The van der Waals surface area contributed by atoms with Crippen LogP contribution >= 0.6 is 15.9 Å². The lowest BCUT2D eigenvalue weighted by Gasteiger charge is -2.35. The van der Waals surface area contributed by atoms with E-state index < -0.39 is 5.60 Å². The number of fused-ring (bicyclic) bond motifs is 1. The van der Waals surface area contributed by atoms with Gasteiger partial charge in [0, 0.05) is 23.3 Å². The van der Waals surface area contributed by atoms with Crippen molar-refractivity contribution in [2.45, 2.75) is 25.4 Å². The molecule has 1 aliphatic rings. The van der Waals surface area contributed by atoms with Gasteiger partial charge in [-0.25, -0.2) is 0 Å². The van der Waals surface area contributed by atoms with Crippen LogP contribution in [-0.2, 0) is 6.42 Å². The SMILES string of the molecule is CC1(Cc2cccnc2)CC(=O)c2cc(Br)ccc2O1. The molecule has 3 rings (SSSR count). The van der Waals surface area contributed by atoms with E-state index in [4.69, 9.17) is 4.74 Å². The van der Waals surface area contributed by atoms with Gasteiger partial charge in [-0.1, -0.05) is 22.0 Å². The lowest BCUT2D eigenvalue weighted by molar-refractivity contribution is 0.0523. The minimum Gasteiger partial charge on any atom is -0.486 e. The van der Waals surface area contributed by atoms with Crippen molar-refractivity contribution in [3.63, 3.8) is 0 Å². The minimum absolute atomic E-state index is 0.124. The molecule has 0 bridgehead atoms. The van der Waals surface area contributed by atoms with Gasteiger partial charge in [0.25, 0.3) is 0 Å². The minimum atomic E-state index is -0.513. The first-order chi connectivity index (χ1) is 9.56. The lowest BCUT2D eigenvalue weighted by atomic mass is 9.87. The van der Waals surface area contributed by atoms with Crippen molar-refractivity contribution in [3.8, 4) is 5.75 Å². The Kier molecular flexibility index (Phi) is 3.34. The molecular formula is C16H14BrNO2. The Bertz CT molecular complexity index is 657. The maximum Gasteiger partial charge on any atom is 0.170 e. The molecular weight excluding hydrogens is 318 g/mol. The topological polar surface area (TPSA) is 39.2 Å². The molecule has 0 saturated heterocycles. The van der Waals surface area contributed by atoms with Gasteiger partial charge in [-0.15, -0.1) is 0 Å². The van der Waals surface area contributed by atoms with Crippen LogP contribution in [0.25, 0.3) is 0 Å². The molecule has 2 heterocycles. The number of hydrogen-bond acceptors (Lipinski definition) is 3. The van der Waals surface area contributed by atoms with Crippen LogP contribution in [-0.4, -0.2) is 16.4 Å². The van der Waals surface area contributed by atoms with Crippen molar-refractivity contribution in [2.24, 2.45) is 0 Å². The number of nitrogens with zero attached hydrogens (tertiary/aromatic N) is 1. The van der Waals surface area contributed by atoms with Crippen LogP contribution in [0.5, 0.6) is 5.75 Å². The Balaban J connectivity index is 1.90. The fourth-order valence-corrected chi connectivity index (χ4v) is 2.94. The molecule has 0 N–H and O–H groups in total. The van der Waals surface area contributed by atoms with Gasteiger partial charge in [-0.05, 0) is 36.8 Å². The fourth-order valence-electron chi connectivity index (χ4n) is 2.58. The number of carbonyl (C=O) groups excluding carboxylic acids is 1. The number of hydrogen-bond donors (Lipinski definition) is 0. The molecule has 0 amide bonds. The van der Waals surface area contributed by atoms with E-state index in [0.717, 1.165) is 10.0 Å². The molecule has 0 aliphatic carbocycles. The molecule has 4 heteroatoms. The first-order valence-electron chi connectivity index (χ1n) is 6.46. The van der Waals surface area contributed by atoms with E-state index in [9.17, 15) is 4.79 Å². The molecule has 3 nitrogen and oxygen atoms in total. The summed E-state index contributed by atoms with van der Waals surface area (Å²) < 4.78 is 6.97. The summed E-state index contributed by atoms with van der Waals surface area (Å²) in [6, 6.07) is 9.46. The highest BCUT2D eigenvalue weighted by Gasteiger charge is 2.36. The van der Waals surface area contributed by atoms with Crippen LogP contribution in [0.15, 0.2) is 47.2 Å². The smallest absolute Gasteiger partial charge is 0.170 e. The maximum atomic E-state index is 12.3. The van der Waals surface area contributed by atoms with Gasteiger partial charge in [0.1, 0.15) is 11.4 Å². The summed E-state index contributed by atoms with van der Waals surface area (Å²) in [6.45, 7) is 1.98. The average molecular weight is 332 g/mol. The Morgan fingerprint density at radius 1 is 1.40 bits per heavy atom. The quantitative estimate of drug-likeness (QED) is 0.839. The molecule has 1 unspecified atom stereocenters. The molecule has 1 aliphatic heterocycles. The fraction of sp³-hybridized carbons (Fsp3) is 0.250. The van der Waals surface area contributed by atoms with Gasteiger partial charge in [0.15, 0.2) is 5.78 Å². The molecule has 20 heavy (non-hydrogen) atoms. The molecule has 1 atom stereocenters. The third kappa shape index (κ3) is 2.61. The van der Waals surface area contributed by atoms with Crippen molar-refractivity contribution < 1.29 is 9.53 Å². The monoisotopic (exact) mass is 331 g/mol. The number of benzene rings is 1. The van der Waals surface area contributed by atoms with Crippen LogP contribution in [0.1, 0.15) is 29.3 Å². The van der Waals surface area contributed by atoms with Crippen LogP contribution in [0, 0.1) is 0 Å². The third-order valence-electron chi connectivity index (χ3n) is 3.43. The highest BCUT2D eigenvalue weighted by Crippen LogP contribution is 2.36. The molecule has 1 aromatic heterocycles. The molecule has 1 aromatic carbocycles. The van der Waals surface area contributed by atoms with E-state index in [2.05, 4.69) is 20.9 Å². The second kappa shape index (κ2) is 5.02. The van der Waals surface area contributed by atoms with Crippen LogP contribution < -0.4 is 4.74 Å². The van der Waals surface area contributed by atoms with E-state index in [1.54, 1.807) is 6.20 Å². The Labute approximate surface area is 126 Å². The van der Waals surface area contributed by atoms with Crippen molar-refractivity contribution in [3.05, 3.63) is 58.3 Å². The number of Topliss-reactive ketones (excluding diaryl/α,β-unsaturated/α-hetero) is 1. The summed E-state index contributed by atoms with van der Waals surface area (Å²) in [5.41, 5.74) is 1.22. The Morgan fingerprint density at radius 2 is 2.25 bits per heavy atom. The van der Waals surface area contributed by atoms with Crippen LogP contribution in [0.3, 0.4) is 0 Å². The number of ether oxygens (including phenoxy) is 1. The predicted molar refractivity (Wildman–Crippen MR) is 80.1 cm³/mol. The number of pyridine rings is 1. The van der Waals surface area contributed by atoms with E-state index in [-0.39, 0.29) is 5.78 Å². The second-order valence-corrected chi connectivity index (χ2v) is 6.25. The van der Waals surface area contributed by atoms with Gasteiger partial charge >= 0.3 is 0 Å². The maximum absolute atomic E-state index is 12.3. The third-order valence-corrected chi connectivity index (χ3v) is 3.93. The van der Waals surface area contributed by atoms with Crippen molar-refractivity contribution >= 4 is 21.7 Å². The summed E-state index contributed by atoms with van der Waals surface area (Å²) in [4.78, 5) is 16.4. The zero-order valence-corrected chi connectivity index (χ0v) is 12.7. The average Bonchev–Trinajstić information content (AvgIpc) is 2.40. The first kappa shape index (κ1) is 13.3. The number of aromatic nitrogens is 1.